The van der Waals surface area contributed by atoms with Crippen LogP contribution in [0.4, 0.5) is 14.9 Å². The molecule has 0 saturated carbocycles. The van der Waals surface area contributed by atoms with Crippen LogP contribution >= 0.6 is 0 Å². The van der Waals surface area contributed by atoms with Gasteiger partial charge in [0.05, 0.1) is 31.3 Å². The van der Waals surface area contributed by atoms with Crippen LogP contribution in [-0.2, 0) is 22.5 Å². The number of nitrogens with zero attached hydrogens (tertiary/aromatic N) is 3. The molecule has 2 amide bonds. The Morgan fingerprint density at radius 1 is 1.21 bits per heavy atom. The molecule has 0 unspecified atom stereocenters. The predicted octanol–water partition coefficient (Wildman–Crippen LogP) is 4.20. The van der Waals surface area contributed by atoms with Crippen molar-refractivity contribution in [2.45, 2.75) is 57.8 Å². The summed E-state index contributed by atoms with van der Waals surface area (Å²) >= 11 is 0. The number of methoxy groups -OCH3 is 1. The topological polar surface area (TPSA) is 112 Å². The Bertz CT molecular complexity index is 1270. The first kappa shape index (κ1) is 28.2. The second-order valence-corrected chi connectivity index (χ2v) is 11.0. The lowest BCUT2D eigenvalue weighted by molar-refractivity contribution is -0.119. The van der Waals surface area contributed by atoms with Crippen LogP contribution in [0.1, 0.15) is 44.7 Å². The van der Waals surface area contributed by atoms with Crippen molar-refractivity contribution in [1.29, 1.82) is 5.26 Å². The normalized spacial score (nSPS) is 21.2. The van der Waals surface area contributed by atoms with E-state index in [1.807, 2.05) is 12.1 Å². The summed E-state index contributed by atoms with van der Waals surface area (Å²) in [5.41, 5.74) is -0.706. The lowest BCUT2D eigenvalue weighted by atomic mass is 9.82. The number of fused-ring (bicyclic) bond motifs is 1. The number of nitriles is 1. The third-order valence-corrected chi connectivity index (χ3v) is 7.00. The highest BCUT2D eigenvalue weighted by Gasteiger charge is 2.45. The third-order valence-electron chi connectivity index (χ3n) is 7.00. The van der Waals surface area contributed by atoms with E-state index in [2.05, 4.69) is 6.07 Å². The van der Waals surface area contributed by atoms with E-state index >= 15 is 4.39 Å². The molecule has 2 aliphatic rings. The molecule has 1 N–H and O–H groups in total. The molecule has 2 aromatic rings. The molecular weight excluding hydrogens is 505 g/mol. The van der Waals surface area contributed by atoms with Crippen molar-refractivity contribution in [1.82, 2.24) is 4.90 Å². The van der Waals surface area contributed by atoms with Gasteiger partial charge in [0.2, 0.25) is 5.91 Å². The number of benzene rings is 2. The molecule has 2 aliphatic heterocycles. The Morgan fingerprint density at radius 3 is 2.56 bits per heavy atom. The minimum absolute atomic E-state index is 0.00304. The number of anilines is 1. The highest BCUT2D eigenvalue weighted by atomic mass is 19.1. The van der Waals surface area contributed by atoms with E-state index in [9.17, 15) is 20.0 Å². The predicted molar refractivity (Wildman–Crippen MR) is 141 cm³/mol. The average molecular weight is 540 g/mol. The van der Waals surface area contributed by atoms with Gasteiger partial charge in [-0.1, -0.05) is 12.1 Å². The number of halogens is 1. The Balaban J connectivity index is 1.51. The van der Waals surface area contributed by atoms with E-state index in [4.69, 9.17) is 14.2 Å². The number of ether oxygens (including phenoxy) is 3. The Hall–Kier alpha value is -3.84. The lowest BCUT2D eigenvalue weighted by Gasteiger charge is -2.41. The van der Waals surface area contributed by atoms with Gasteiger partial charge in [-0.25, -0.2) is 9.18 Å². The van der Waals surface area contributed by atoms with Crippen LogP contribution in [0, 0.1) is 23.1 Å². The highest BCUT2D eigenvalue weighted by molar-refractivity contribution is 5.97. The Labute approximate surface area is 227 Å². The molecule has 0 radical (unpaired) electrons. The summed E-state index contributed by atoms with van der Waals surface area (Å²) < 4.78 is 31.7. The molecule has 1 fully saturated rings. The number of piperidine rings is 1. The summed E-state index contributed by atoms with van der Waals surface area (Å²) in [6.07, 6.45) is 0.0295. The fourth-order valence-corrected chi connectivity index (χ4v) is 4.84. The van der Waals surface area contributed by atoms with Crippen molar-refractivity contribution < 1.29 is 33.3 Å². The quantitative estimate of drug-likeness (QED) is 0.585. The maximum Gasteiger partial charge on any atom is 0.410 e. The van der Waals surface area contributed by atoms with Crippen molar-refractivity contribution in [3.63, 3.8) is 0 Å². The Morgan fingerprint density at radius 2 is 1.92 bits per heavy atom. The number of likely N-dealkylation sites (tertiary alicyclic amines) is 1. The molecular formula is C29H34FN3O6. The number of carbonyl (C=O) groups is 2. The highest BCUT2D eigenvalue weighted by Crippen LogP contribution is 2.39. The molecule has 10 heteroatoms. The molecule has 1 saturated heterocycles. The average Bonchev–Trinajstić information content (AvgIpc) is 2.89. The standard InChI is InChI=1S/C29H34FN3O6/c1-28(2,3)39-27(35)32-14-13-29(36,20(15-31)17-32)18-38-24-11-10-23(30)26-22(24)9-12-25(34)33(26)16-19-5-7-21(37-4)8-6-19/h5-8,10-11,20,36H,9,12-14,16-18H2,1-4H3/t20-,29+/m0/s1. The molecule has 0 spiro atoms. The van der Waals surface area contributed by atoms with Crippen molar-refractivity contribution in [2.75, 3.05) is 31.7 Å². The number of aliphatic hydroxyl groups is 1. The van der Waals surface area contributed by atoms with Crippen LogP contribution in [0.3, 0.4) is 0 Å². The molecule has 2 atom stereocenters. The first-order chi connectivity index (χ1) is 18.4. The van der Waals surface area contributed by atoms with Gasteiger partial charge in [-0.15, -0.1) is 0 Å². The van der Waals surface area contributed by atoms with Gasteiger partial charge in [-0.3, -0.25) is 4.79 Å². The smallest absolute Gasteiger partial charge is 0.410 e. The summed E-state index contributed by atoms with van der Waals surface area (Å²) in [7, 11) is 1.57. The fraction of sp³-hybridized carbons (Fsp3) is 0.483. The third kappa shape index (κ3) is 6.25. The molecule has 0 aliphatic carbocycles. The molecule has 208 valence electrons. The molecule has 39 heavy (non-hydrogen) atoms. The summed E-state index contributed by atoms with van der Waals surface area (Å²) in [6, 6.07) is 12.0. The number of rotatable bonds is 6. The minimum atomic E-state index is -1.53. The fourth-order valence-electron chi connectivity index (χ4n) is 4.84. The van der Waals surface area contributed by atoms with Crippen molar-refractivity contribution in [3.8, 4) is 17.6 Å². The SMILES string of the molecule is COc1ccc(CN2C(=O)CCc3c(OC[C@]4(O)CCN(C(=O)OC(C)(C)C)C[C@@H]4C#N)ccc(F)c32)cc1. The van der Waals surface area contributed by atoms with Crippen molar-refractivity contribution in [2.24, 2.45) is 5.92 Å². The zero-order chi connectivity index (χ0) is 28.4. The van der Waals surface area contributed by atoms with Gasteiger partial charge in [-0.05, 0) is 63.4 Å². The van der Waals surface area contributed by atoms with Gasteiger partial charge in [0, 0.05) is 25.1 Å². The van der Waals surface area contributed by atoms with Crippen LogP contribution in [0.2, 0.25) is 0 Å². The van der Waals surface area contributed by atoms with E-state index in [0.29, 0.717) is 17.1 Å². The molecule has 9 nitrogen and oxygen atoms in total. The first-order valence-corrected chi connectivity index (χ1v) is 12.9. The van der Waals surface area contributed by atoms with Gasteiger partial charge in [-0.2, -0.15) is 5.26 Å². The number of carbonyl (C=O) groups excluding carboxylic acids is 2. The zero-order valence-corrected chi connectivity index (χ0v) is 22.7. The van der Waals surface area contributed by atoms with Gasteiger partial charge in [0.25, 0.3) is 0 Å². The van der Waals surface area contributed by atoms with Crippen molar-refractivity contribution >= 4 is 17.7 Å². The van der Waals surface area contributed by atoms with E-state index in [-0.39, 0.29) is 57.1 Å². The summed E-state index contributed by atoms with van der Waals surface area (Å²) in [6.45, 7) is 5.42. The van der Waals surface area contributed by atoms with E-state index < -0.39 is 29.0 Å². The summed E-state index contributed by atoms with van der Waals surface area (Å²) in [5, 5.41) is 21.1. The summed E-state index contributed by atoms with van der Waals surface area (Å²) in [4.78, 5) is 28.1. The molecule has 4 rings (SSSR count). The van der Waals surface area contributed by atoms with Crippen molar-refractivity contribution in [3.05, 3.63) is 53.3 Å². The molecule has 2 heterocycles. The first-order valence-electron chi connectivity index (χ1n) is 12.9. The molecule has 2 aromatic carbocycles. The van der Waals surface area contributed by atoms with Crippen LogP contribution in [0.25, 0.3) is 0 Å². The van der Waals surface area contributed by atoms with Gasteiger partial charge in [0.15, 0.2) is 0 Å². The van der Waals surface area contributed by atoms with Gasteiger partial charge < -0.3 is 29.1 Å². The van der Waals surface area contributed by atoms with E-state index in [0.717, 1.165) is 5.56 Å². The minimum Gasteiger partial charge on any atom is -0.497 e. The number of amides is 2. The van der Waals surface area contributed by atoms with Gasteiger partial charge in [0.1, 0.15) is 35.1 Å². The number of hydrogen-bond donors (Lipinski definition) is 1. The molecule has 0 aromatic heterocycles. The summed E-state index contributed by atoms with van der Waals surface area (Å²) in [5.74, 6) is -0.636. The largest absolute Gasteiger partial charge is 0.497 e. The Kier molecular flexibility index (Phi) is 8.02. The lowest BCUT2D eigenvalue weighted by Crippen LogP contribution is -2.56. The van der Waals surface area contributed by atoms with Crippen LogP contribution in [0.5, 0.6) is 11.5 Å². The van der Waals surface area contributed by atoms with Gasteiger partial charge >= 0.3 is 6.09 Å². The zero-order valence-electron chi connectivity index (χ0n) is 22.7. The maximum absolute atomic E-state index is 15.1. The van der Waals surface area contributed by atoms with Crippen LogP contribution < -0.4 is 14.4 Å². The van der Waals surface area contributed by atoms with E-state index in [1.54, 1.807) is 40.0 Å². The molecule has 0 bridgehead atoms. The maximum atomic E-state index is 15.1. The van der Waals surface area contributed by atoms with Crippen LogP contribution in [0.15, 0.2) is 36.4 Å². The second kappa shape index (κ2) is 11.1. The monoisotopic (exact) mass is 539 g/mol. The second-order valence-electron chi connectivity index (χ2n) is 11.0. The number of hydrogen-bond acceptors (Lipinski definition) is 7. The van der Waals surface area contributed by atoms with Crippen LogP contribution in [-0.4, -0.2) is 60.0 Å². The van der Waals surface area contributed by atoms with E-state index in [1.165, 1.54) is 21.9 Å².